The zero-order valence-corrected chi connectivity index (χ0v) is 18.5. The first kappa shape index (κ1) is 20.4. The Morgan fingerprint density at radius 2 is 1.90 bits per heavy atom. The van der Waals surface area contributed by atoms with Gasteiger partial charge in [-0.3, -0.25) is 9.80 Å². The molecule has 29 heavy (non-hydrogen) atoms. The van der Waals surface area contributed by atoms with E-state index in [9.17, 15) is 0 Å². The number of anilines is 2. The first-order valence-electron chi connectivity index (χ1n) is 9.70. The van der Waals surface area contributed by atoms with E-state index in [1.54, 1.807) is 17.5 Å². The minimum absolute atomic E-state index is 0.237. The topological polar surface area (TPSA) is 64.5 Å². The van der Waals surface area contributed by atoms with Crippen molar-refractivity contribution in [2.24, 2.45) is 0 Å². The van der Waals surface area contributed by atoms with Crippen molar-refractivity contribution in [3.8, 4) is 10.6 Å². The number of halogens is 1. The zero-order chi connectivity index (χ0) is 20.1. The molecule has 3 heterocycles. The maximum absolute atomic E-state index is 9.08. The van der Waals surface area contributed by atoms with Crippen molar-refractivity contribution in [1.29, 1.82) is 0 Å². The lowest BCUT2D eigenvalue weighted by molar-refractivity contribution is 0.108. The van der Waals surface area contributed by atoms with E-state index in [4.69, 9.17) is 5.11 Å². The maximum Gasteiger partial charge on any atom is 0.227 e. The van der Waals surface area contributed by atoms with Gasteiger partial charge in [0, 0.05) is 51.2 Å². The first-order valence-corrected chi connectivity index (χ1v) is 11.3. The van der Waals surface area contributed by atoms with Crippen LogP contribution in [-0.2, 0) is 6.54 Å². The van der Waals surface area contributed by atoms with Gasteiger partial charge in [0.25, 0.3) is 0 Å². The molecule has 0 bridgehead atoms. The van der Waals surface area contributed by atoms with Crippen LogP contribution >= 0.6 is 27.3 Å². The van der Waals surface area contributed by atoms with Gasteiger partial charge in [-0.1, -0.05) is 12.1 Å². The minimum Gasteiger partial charge on any atom is -0.395 e. The summed E-state index contributed by atoms with van der Waals surface area (Å²) in [7, 11) is 0. The van der Waals surface area contributed by atoms with Gasteiger partial charge in [-0.25, -0.2) is 9.97 Å². The van der Waals surface area contributed by atoms with Crippen molar-refractivity contribution >= 4 is 38.9 Å². The lowest BCUT2D eigenvalue weighted by Gasteiger charge is -2.34. The standard InChI is InChI=1S/C21H24BrN5OS/c22-20-5-4-19(29-20)18-6-7-23-21(25-18)24-17-3-1-2-16(14-17)15-27-10-8-26(9-11-27)12-13-28/h1-7,14,28H,8-13,15H2,(H,23,24,25). The number of hydrogen-bond donors (Lipinski definition) is 2. The Hall–Kier alpha value is -1.84. The van der Waals surface area contributed by atoms with E-state index in [-0.39, 0.29) is 6.61 Å². The van der Waals surface area contributed by atoms with Crippen LogP contribution in [0.2, 0.25) is 0 Å². The average molecular weight is 474 g/mol. The smallest absolute Gasteiger partial charge is 0.227 e. The molecule has 3 aromatic rings. The van der Waals surface area contributed by atoms with Gasteiger partial charge in [0.1, 0.15) is 0 Å². The lowest BCUT2D eigenvalue weighted by atomic mass is 10.1. The van der Waals surface area contributed by atoms with Gasteiger partial charge < -0.3 is 10.4 Å². The molecule has 0 saturated carbocycles. The molecular formula is C21H24BrN5OS. The van der Waals surface area contributed by atoms with Crippen LogP contribution in [0.3, 0.4) is 0 Å². The van der Waals surface area contributed by atoms with E-state index in [1.807, 2.05) is 18.2 Å². The van der Waals surface area contributed by atoms with Gasteiger partial charge in [-0.05, 0) is 51.8 Å². The number of nitrogens with zero attached hydrogens (tertiary/aromatic N) is 4. The summed E-state index contributed by atoms with van der Waals surface area (Å²) in [6.07, 6.45) is 1.79. The molecule has 2 aromatic heterocycles. The van der Waals surface area contributed by atoms with E-state index in [0.29, 0.717) is 5.95 Å². The van der Waals surface area contributed by atoms with Crippen molar-refractivity contribution in [3.63, 3.8) is 0 Å². The average Bonchev–Trinajstić information content (AvgIpc) is 3.17. The van der Waals surface area contributed by atoms with Gasteiger partial charge >= 0.3 is 0 Å². The lowest BCUT2D eigenvalue weighted by Crippen LogP contribution is -2.46. The van der Waals surface area contributed by atoms with Crippen molar-refractivity contribution in [3.05, 3.63) is 58.0 Å². The van der Waals surface area contributed by atoms with Crippen molar-refractivity contribution < 1.29 is 5.11 Å². The third-order valence-corrected chi connectivity index (χ3v) is 6.60. The molecule has 6 nitrogen and oxygen atoms in total. The van der Waals surface area contributed by atoms with Crippen molar-refractivity contribution in [2.45, 2.75) is 6.54 Å². The van der Waals surface area contributed by atoms with Crippen LogP contribution in [0, 0.1) is 0 Å². The first-order chi connectivity index (χ1) is 14.2. The van der Waals surface area contributed by atoms with Crippen LogP contribution in [0.4, 0.5) is 11.6 Å². The quantitative estimate of drug-likeness (QED) is 0.543. The number of aliphatic hydroxyl groups is 1. The van der Waals surface area contributed by atoms with E-state index in [1.165, 1.54) is 5.56 Å². The highest BCUT2D eigenvalue weighted by molar-refractivity contribution is 9.11. The molecule has 1 aliphatic heterocycles. The second-order valence-corrected chi connectivity index (χ2v) is 9.50. The third-order valence-electron chi connectivity index (χ3n) is 4.95. The van der Waals surface area contributed by atoms with Crippen LogP contribution < -0.4 is 5.32 Å². The van der Waals surface area contributed by atoms with Crippen LogP contribution in [0.25, 0.3) is 10.6 Å². The van der Waals surface area contributed by atoms with Gasteiger partial charge in [0.15, 0.2) is 0 Å². The Labute approximate surface area is 183 Å². The predicted molar refractivity (Wildman–Crippen MR) is 122 cm³/mol. The molecule has 0 spiro atoms. The molecule has 2 N–H and O–H groups in total. The number of piperazine rings is 1. The zero-order valence-electron chi connectivity index (χ0n) is 16.1. The SMILES string of the molecule is OCCN1CCN(Cc2cccc(Nc3nccc(-c4ccc(Br)s4)n3)c2)CC1. The molecule has 0 radical (unpaired) electrons. The van der Waals surface area contributed by atoms with Crippen LogP contribution in [0.15, 0.2) is 52.4 Å². The minimum atomic E-state index is 0.237. The Morgan fingerprint density at radius 3 is 2.66 bits per heavy atom. The monoisotopic (exact) mass is 473 g/mol. The van der Waals surface area contributed by atoms with E-state index >= 15 is 0 Å². The van der Waals surface area contributed by atoms with Crippen LogP contribution in [0.1, 0.15) is 5.56 Å². The molecule has 8 heteroatoms. The predicted octanol–water partition coefficient (Wildman–Crippen LogP) is 3.82. The number of aromatic nitrogens is 2. The van der Waals surface area contributed by atoms with Crippen molar-refractivity contribution in [2.75, 3.05) is 44.6 Å². The summed E-state index contributed by atoms with van der Waals surface area (Å²) >= 11 is 5.16. The maximum atomic E-state index is 9.08. The summed E-state index contributed by atoms with van der Waals surface area (Å²) < 4.78 is 1.09. The van der Waals surface area contributed by atoms with E-state index in [2.05, 4.69) is 65.3 Å². The van der Waals surface area contributed by atoms with Crippen molar-refractivity contribution in [1.82, 2.24) is 19.8 Å². The molecule has 0 aliphatic carbocycles. The molecule has 4 rings (SSSR count). The molecule has 152 valence electrons. The summed E-state index contributed by atoms with van der Waals surface area (Å²) in [6, 6.07) is 14.4. The fourth-order valence-electron chi connectivity index (χ4n) is 3.46. The number of β-amino-alcohol motifs (C(OH)–C–C–N with tert-alkyl or cyclic N) is 1. The van der Waals surface area contributed by atoms with E-state index < -0.39 is 0 Å². The molecular weight excluding hydrogens is 450 g/mol. The Kier molecular flexibility index (Phi) is 6.89. The van der Waals surface area contributed by atoms with Gasteiger partial charge in [0.05, 0.1) is 21.0 Å². The summed E-state index contributed by atoms with van der Waals surface area (Å²) in [5, 5.41) is 12.4. The summed E-state index contributed by atoms with van der Waals surface area (Å²) in [5.41, 5.74) is 3.17. The summed E-state index contributed by atoms with van der Waals surface area (Å²) in [6.45, 7) is 6.01. The van der Waals surface area contributed by atoms with Crippen LogP contribution in [-0.4, -0.2) is 64.2 Å². The third kappa shape index (κ3) is 5.61. The highest BCUT2D eigenvalue weighted by Crippen LogP contribution is 2.30. The highest BCUT2D eigenvalue weighted by Gasteiger charge is 2.16. The second-order valence-electron chi connectivity index (χ2n) is 7.04. The fraction of sp³-hybridized carbons (Fsp3) is 0.333. The normalized spacial score (nSPS) is 15.5. The van der Waals surface area contributed by atoms with Gasteiger partial charge in [0.2, 0.25) is 5.95 Å². The number of hydrogen-bond acceptors (Lipinski definition) is 7. The number of rotatable bonds is 7. The fourth-order valence-corrected chi connectivity index (χ4v) is 4.81. The van der Waals surface area contributed by atoms with Gasteiger partial charge in [-0.2, -0.15) is 0 Å². The number of nitrogens with one attached hydrogen (secondary N) is 1. The molecule has 1 aliphatic rings. The Balaban J connectivity index is 1.39. The molecule has 1 fully saturated rings. The van der Waals surface area contributed by atoms with Crippen LogP contribution in [0.5, 0.6) is 0 Å². The largest absolute Gasteiger partial charge is 0.395 e. The Morgan fingerprint density at radius 1 is 1.07 bits per heavy atom. The number of thiophene rings is 1. The Bertz CT molecular complexity index is 942. The molecule has 0 amide bonds. The number of aliphatic hydroxyl groups excluding tert-OH is 1. The number of benzene rings is 1. The second kappa shape index (κ2) is 9.77. The molecule has 0 unspecified atom stereocenters. The molecule has 1 aromatic carbocycles. The van der Waals surface area contributed by atoms with E-state index in [0.717, 1.165) is 59.3 Å². The highest BCUT2D eigenvalue weighted by atomic mass is 79.9. The van der Waals surface area contributed by atoms with Gasteiger partial charge in [-0.15, -0.1) is 11.3 Å². The summed E-state index contributed by atoms with van der Waals surface area (Å²) in [4.78, 5) is 14.9. The molecule has 0 atom stereocenters. The summed E-state index contributed by atoms with van der Waals surface area (Å²) in [5.74, 6) is 0.599. The molecule has 1 saturated heterocycles.